The van der Waals surface area contributed by atoms with Gasteiger partial charge in [-0.2, -0.15) is 0 Å². The monoisotopic (exact) mass is 358 g/mol. The summed E-state index contributed by atoms with van der Waals surface area (Å²) in [6.07, 6.45) is -3.58. The zero-order valence-electron chi connectivity index (χ0n) is 12.6. The molecule has 0 bridgehead atoms. The summed E-state index contributed by atoms with van der Waals surface area (Å²) < 4.78 is 6.22. The summed E-state index contributed by atoms with van der Waals surface area (Å²) in [4.78, 5) is 43.2. The van der Waals surface area contributed by atoms with Crippen LogP contribution in [0, 0.1) is 10.1 Å². The van der Waals surface area contributed by atoms with Crippen LogP contribution in [0.15, 0.2) is 20.9 Å². The van der Waals surface area contributed by atoms with Crippen molar-refractivity contribution in [3.8, 4) is 0 Å². The second-order valence-electron chi connectivity index (χ2n) is 5.10. The van der Waals surface area contributed by atoms with E-state index in [0.29, 0.717) is 0 Å². The fourth-order valence-electron chi connectivity index (χ4n) is 2.40. The molecule has 25 heavy (non-hydrogen) atoms. The van der Waals surface area contributed by atoms with E-state index in [2.05, 4.69) is 14.9 Å². The molecule has 14 heteroatoms. The molecule has 1 saturated heterocycles. The molecule has 2 heterocycles. The molecule has 2 rings (SSSR count). The number of hydrogen-bond donors (Lipinski definition) is 3. The lowest BCUT2D eigenvalue weighted by Crippen LogP contribution is -2.36. The molecule has 1 aliphatic heterocycles. The van der Waals surface area contributed by atoms with E-state index in [9.17, 15) is 24.8 Å². The van der Waals surface area contributed by atoms with Crippen molar-refractivity contribution in [2.24, 2.45) is 5.11 Å². The highest BCUT2D eigenvalue weighted by Gasteiger charge is 2.35. The minimum Gasteiger partial charge on any atom is -0.394 e. The lowest BCUT2D eigenvalue weighted by Gasteiger charge is -2.17. The van der Waals surface area contributed by atoms with Crippen LogP contribution >= 0.6 is 0 Å². The van der Waals surface area contributed by atoms with Crippen LogP contribution in [0.25, 0.3) is 10.4 Å². The average Bonchev–Trinajstić information content (AvgIpc) is 2.92. The number of ether oxygens (including phenoxy) is 1. The highest BCUT2D eigenvalue weighted by molar-refractivity contribution is 5.10. The summed E-state index contributed by atoms with van der Waals surface area (Å²) in [7, 11) is 0. The summed E-state index contributed by atoms with van der Waals surface area (Å²) in [5, 5.41) is 31.4. The molecule has 14 nitrogen and oxygen atoms in total. The predicted octanol–water partition coefficient (Wildman–Crippen LogP) is -1.26. The van der Waals surface area contributed by atoms with Crippen LogP contribution in [0.1, 0.15) is 24.3 Å². The molecule has 0 radical (unpaired) electrons. The fraction of sp³-hybridized carbons (Fsp3) is 0.636. The maximum absolute atomic E-state index is 12.0. The first kappa shape index (κ1) is 18.4. The van der Waals surface area contributed by atoms with Gasteiger partial charge in [-0.05, 0) is 5.53 Å². The van der Waals surface area contributed by atoms with Crippen LogP contribution in [-0.2, 0) is 9.57 Å². The van der Waals surface area contributed by atoms with E-state index in [1.165, 1.54) is 0 Å². The summed E-state index contributed by atoms with van der Waals surface area (Å²) in [5.74, 6) is 0. The Morgan fingerprint density at radius 1 is 1.64 bits per heavy atom. The molecular weight excluding hydrogens is 344 g/mol. The van der Waals surface area contributed by atoms with Gasteiger partial charge in [-0.3, -0.25) is 14.3 Å². The Morgan fingerprint density at radius 3 is 2.92 bits per heavy atom. The Labute approximate surface area is 138 Å². The Hall–Kier alpha value is -2.93. The first-order valence-electron chi connectivity index (χ1n) is 6.99. The number of H-pyrrole nitrogens is 1. The Bertz CT molecular complexity index is 794. The van der Waals surface area contributed by atoms with Gasteiger partial charge in [0.25, 0.3) is 10.6 Å². The molecule has 1 aliphatic rings. The third-order valence-electron chi connectivity index (χ3n) is 3.56. The van der Waals surface area contributed by atoms with Crippen LogP contribution in [0.4, 0.5) is 0 Å². The minimum atomic E-state index is -1.54. The van der Waals surface area contributed by atoms with Gasteiger partial charge in [0, 0.05) is 17.5 Å². The van der Waals surface area contributed by atoms with Gasteiger partial charge in [-0.25, -0.2) is 4.79 Å². The van der Waals surface area contributed by atoms with Crippen LogP contribution < -0.4 is 11.2 Å². The van der Waals surface area contributed by atoms with Crippen LogP contribution in [0.2, 0.25) is 0 Å². The van der Waals surface area contributed by atoms with Crippen LogP contribution in [0.3, 0.4) is 0 Å². The molecule has 0 aromatic carbocycles. The van der Waals surface area contributed by atoms with Crippen molar-refractivity contribution in [2.45, 2.75) is 31.0 Å². The third-order valence-corrected chi connectivity index (χ3v) is 3.56. The molecular formula is C11H14N6O8. The van der Waals surface area contributed by atoms with E-state index in [1.54, 1.807) is 0 Å². The smallest absolute Gasteiger partial charge is 0.330 e. The summed E-state index contributed by atoms with van der Waals surface area (Å²) in [6, 6.07) is 0. The average molecular weight is 358 g/mol. The zero-order valence-corrected chi connectivity index (χ0v) is 12.6. The van der Waals surface area contributed by atoms with Gasteiger partial charge in [0.15, 0.2) is 0 Å². The molecule has 4 atom stereocenters. The van der Waals surface area contributed by atoms with Crippen LogP contribution in [0.5, 0.6) is 0 Å². The Morgan fingerprint density at radius 2 is 2.36 bits per heavy atom. The van der Waals surface area contributed by atoms with Crippen molar-refractivity contribution >= 4 is 0 Å². The van der Waals surface area contributed by atoms with Crippen LogP contribution in [-0.4, -0.2) is 50.2 Å². The number of rotatable bonds is 7. The number of aromatic amines is 1. The SMILES string of the molecule is [N-]=[N+]=NCC(O[N+](=O)[O-])c1cn([C@H]2C[C@H](O)[C@@H](CO)O2)c(=O)[nH]c1=O. The molecule has 1 aromatic heterocycles. The molecule has 1 unspecified atom stereocenters. The number of aliphatic hydroxyl groups is 2. The van der Waals surface area contributed by atoms with Gasteiger partial charge in [0.1, 0.15) is 18.4 Å². The fourth-order valence-corrected chi connectivity index (χ4v) is 2.40. The van der Waals surface area contributed by atoms with Gasteiger partial charge >= 0.3 is 5.69 Å². The zero-order chi connectivity index (χ0) is 18.6. The van der Waals surface area contributed by atoms with Gasteiger partial charge in [-0.1, -0.05) is 5.11 Å². The van der Waals surface area contributed by atoms with E-state index < -0.39 is 54.0 Å². The van der Waals surface area contributed by atoms with Gasteiger partial charge in [0.05, 0.1) is 24.8 Å². The topological polar surface area (TPSA) is 206 Å². The number of azide groups is 1. The molecule has 0 aliphatic carbocycles. The molecule has 1 aromatic rings. The molecule has 3 N–H and O–H groups in total. The molecule has 0 spiro atoms. The number of nitrogens with one attached hydrogen (secondary N) is 1. The summed E-state index contributed by atoms with van der Waals surface area (Å²) in [5.41, 5.74) is 6.16. The van der Waals surface area contributed by atoms with Crippen molar-refractivity contribution < 1.29 is 24.9 Å². The molecule has 1 fully saturated rings. The maximum atomic E-state index is 12.0. The molecule has 0 saturated carbocycles. The maximum Gasteiger partial charge on any atom is 0.330 e. The van der Waals surface area contributed by atoms with E-state index in [4.69, 9.17) is 15.4 Å². The van der Waals surface area contributed by atoms with Crippen molar-refractivity contribution in [1.82, 2.24) is 9.55 Å². The largest absolute Gasteiger partial charge is 0.394 e. The standard InChI is InChI=1S/C11H14N6O8/c12-15-13-2-7(25-17(22)23)5-3-16(11(21)14-10(5)20)9-1-6(19)8(4-18)24-9/h3,6-9,18-19H,1-2,4H2,(H,14,20,21)/t6-,7?,8+,9+/m0/s1. The number of hydrogen-bond acceptors (Lipinski definition) is 9. The number of aliphatic hydroxyl groups excluding tert-OH is 2. The lowest BCUT2D eigenvalue weighted by molar-refractivity contribution is -0.770. The predicted molar refractivity (Wildman–Crippen MR) is 77.8 cm³/mol. The van der Waals surface area contributed by atoms with E-state index in [0.717, 1.165) is 10.8 Å². The Balaban J connectivity index is 2.42. The van der Waals surface area contributed by atoms with Crippen molar-refractivity contribution in [1.29, 1.82) is 0 Å². The van der Waals surface area contributed by atoms with Crippen molar-refractivity contribution in [3.63, 3.8) is 0 Å². The lowest BCUT2D eigenvalue weighted by atomic mass is 10.2. The first-order valence-corrected chi connectivity index (χ1v) is 6.99. The Kier molecular flexibility index (Phi) is 5.71. The van der Waals surface area contributed by atoms with E-state index in [1.807, 2.05) is 4.98 Å². The summed E-state index contributed by atoms with van der Waals surface area (Å²) in [6.45, 7) is -1.04. The highest BCUT2D eigenvalue weighted by Crippen LogP contribution is 2.27. The number of aromatic nitrogens is 2. The normalized spacial score (nSPS) is 23.7. The first-order chi connectivity index (χ1) is 11.9. The van der Waals surface area contributed by atoms with Gasteiger partial charge < -0.3 is 19.8 Å². The van der Waals surface area contributed by atoms with E-state index >= 15 is 0 Å². The second-order valence-corrected chi connectivity index (χ2v) is 5.10. The van der Waals surface area contributed by atoms with Crippen molar-refractivity contribution in [2.75, 3.05) is 13.2 Å². The minimum absolute atomic E-state index is 0.0479. The van der Waals surface area contributed by atoms with Crippen molar-refractivity contribution in [3.05, 3.63) is 53.2 Å². The second kappa shape index (κ2) is 7.76. The molecule has 0 amide bonds. The summed E-state index contributed by atoms with van der Waals surface area (Å²) >= 11 is 0. The highest BCUT2D eigenvalue weighted by atomic mass is 17.0. The molecule has 136 valence electrons. The van der Waals surface area contributed by atoms with E-state index in [-0.39, 0.29) is 12.0 Å². The number of nitrogens with zero attached hydrogens (tertiary/aromatic N) is 5. The van der Waals surface area contributed by atoms with Gasteiger partial charge in [-0.15, -0.1) is 10.1 Å². The third kappa shape index (κ3) is 4.13. The van der Waals surface area contributed by atoms with Gasteiger partial charge in [0.2, 0.25) is 0 Å². The quantitative estimate of drug-likeness (QED) is 0.176.